The van der Waals surface area contributed by atoms with Gasteiger partial charge in [-0.15, -0.1) is 11.8 Å². The van der Waals surface area contributed by atoms with Crippen molar-refractivity contribution in [3.63, 3.8) is 0 Å². The summed E-state index contributed by atoms with van der Waals surface area (Å²) in [6, 6.07) is 9.80. The fourth-order valence-electron chi connectivity index (χ4n) is 2.11. The summed E-state index contributed by atoms with van der Waals surface area (Å²) in [4.78, 5) is 0. The van der Waals surface area contributed by atoms with Gasteiger partial charge in [-0.3, -0.25) is 5.32 Å². The van der Waals surface area contributed by atoms with E-state index in [0.29, 0.717) is 11.4 Å². The van der Waals surface area contributed by atoms with E-state index in [4.69, 9.17) is 0 Å². The normalized spacial score (nSPS) is 25.2. The third kappa shape index (κ3) is 3.05. The van der Waals surface area contributed by atoms with E-state index in [9.17, 15) is 0 Å². The molecule has 17 heavy (non-hydrogen) atoms. The van der Waals surface area contributed by atoms with Crippen LogP contribution in [-0.4, -0.2) is 11.8 Å². The van der Waals surface area contributed by atoms with Gasteiger partial charge in [-0.1, -0.05) is 52.0 Å². The molecular weight excluding hydrogens is 226 g/mol. The molecular formula is C15H23NS. The van der Waals surface area contributed by atoms with Gasteiger partial charge in [-0.05, 0) is 23.0 Å². The van der Waals surface area contributed by atoms with Gasteiger partial charge in [0.1, 0.15) is 0 Å². The van der Waals surface area contributed by atoms with Gasteiger partial charge >= 0.3 is 0 Å². The molecule has 0 spiro atoms. The molecule has 1 aromatic rings. The molecule has 0 amide bonds. The van der Waals surface area contributed by atoms with Crippen LogP contribution in [-0.2, 0) is 5.41 Å². The zero-order valence-corrected chi connectivity index (χ0v) is 12.1. The van der Waals surface area contributed by atoms with Crippen LogP contribution in [0.3, 0.4) is 0 Å². The van der Waals surface area contributed by atoms with E-state index < -0.39 is 0 Å². The maximum Gasteiger partial charge on any atom is 0.0792 e. The highest BCUT2D eigenvalue weighted by Gasteiger charge is 2.24. The number of hydrogen-bond donors (Lipinski definition) is 1. The molecule has 1 aliphatic heterocycles. The largest absolute Gasteiger partial charge is 0.298 e. The molecule has 0 bridgehead atoms. The first-order chi connectivity index (χ1) is 8.00. The molecule has 1 nitrogen and oxygen atoms in total. The minimum atomic E-state index is 0.251. The van der Waals surface area contributed by atoms with E-state index >= 15 is 0 Å². The Morgan fingerprint density at radius 1 is 1.24 bits per heavy atom. The molecule has 2 unspecified atom stereocenters. The summed E-state index contributed by atoms with van der Waals surface area (Å²) in [5.41, 5.74) is 3.08. The lowest BCUT2D eigenvalue weighted by molar-refractivity contribution is 0.560. The Bertz CT molecular complexity index is 364. The second-order valence-electron chi connectivity index (χ2n) is 5.86. The van der Waals surface area contributed by atoms with Crippen molar-refractivity contribution in [2.75, 3.05) is 5.75 Å². The number of nitrogens with one attached hydrogen (secondary N) is 1. The third-order valence-electron chi connectivity index (χ3n) is 3.42. The fourth-order valence-corrected chi connectivity index (χ4v) is 3.50. The molecule has 94 valence electrons. The highest BCUT2D eigenvalue weighted by molar-refractivity contribution is 7.99. The topological polar surface area (TPSA) is 12.0 Å². The van der Waals surface area contributed by atoms with E-state index in [1.54, 1.807) is 0 Å². The highest BCUT2D eigenvalue weighted by Crippen LogP contribution is 2.34. The lowest BCUT2D eigenvalue weighted by atomic mass is 9.87. The van der Waals surface area contributed by atoms with Crippen LogP contribution >= 0.6 is 11.8 Å². The molecule has 1 N–H and O–H groups in total. The number of hydrogen-bond acceptors (Lipinski definition) is 2. The molecule has 1 saturated heterocycles. The minimum absolute atomic E-state index is 0.251. The van der Waals surface area contributed by atoms with E-state index in [-0.39, 0.29) is 5.41 Å². The van der Waals surface area contributed by atoms with Crippen LogP contribution < -0.4 is 5.32 Å². The fraction of sp³-hybridized carbons (Fsp3) is 0.600. The van der Waals surface area contributed by atoms with E-state index in [2.05, 4.69) is 57.3 Å². The number of benzene rings is 1. The molecule has 0 radical (unpaired) electrons. The van der Waals surface area contributed by atoms with Crippen molar-refractivity contribution in [2.45, 2.75) is 50.9 Å². The average Bonchev–Trinajstić information content (AvgIpc) is 2.76. The Morgan fingerprint density at radius 3 is 2.35 bits per heavy atom. The van der Waals surface area contributed by atoms with Gasteiger partial charge in [-0.25, -0.2) is 0 Å². The molecule has 2 rings (SSSR count). The first-order valence-electron chi connectivity index (χ1n) is 6.49. The molecule has 0 aliphatic carbocycles. The van der Waals surface area contributed by atoms with Gasteiger partial charge < -0.3 is 0 Å². The number of thioether (sulfide) groups is 1. The summed E-state index contributed by atoms with van der Waals surface area (Å²) in [5.74, 6) is 1.24. The van der Waals surface area contributed by atoms with Crippen LogP contribution in [0.2, 0.25) is 0 Å². The molecule has 0 saturated carbocycles. The van der Waals surface area contributed by atoms with Gasteiger partial charge in [-0.2, -0.15) is 0 Å². The lowest BCUT2D eigenvalue weighted by Crippen LogP contribution is -2.24. The van der Waals surface area contributed by atoms with Gasteiger partial charge in [0.15, 0.2) is 0 Å². The molecule has 2 atom stereocenters. The predicted octanol–water partition coefficient (Wildman–Crippen LogP) is 4.10. The summed E-state index contributed by atoms with van der Waals surface area (Å²) in [6.45, 7) is 9.04. The standard InChI is InChI=1S/C15H23NS/c1-5-13-10-17-14(16-13)11-6-8-12(9-7-11)15(2,3)4/h6-9,13-14,16H,5,10H2,1-4H3. The van der Waals surface area contributed by atoms with Crippen LogP contribution in [0.15, 0.2) is 24.3 Å². The summed E-state index contributed by atoms with van der Waals surface area (Å²) >= 11 is 2.03. The van der Waals surface area contributed by atoms with Gasteiger partial charge in [0.25, 0.3) is 0 Å². The summed E-state index contributed by atoms with van der Waals surface area (Å²) < 4.78 is 0. The van der Waals surface area contributed by atoms with Crippen molar-refractivity contribution < 1.29 is 0 Å². The summed E-state index contributed by atoms with van der Waals surface area (Å²) in [5, 5.41) is 4.17. The van der Waals surface area contributed by atoms with Crippen molar-refractivity contribution >= 4 is 11.8 Å². The minimum Gasteiger partial charge on any atom is -0.298 e. The van der Waals surface area contributed by atoms with Crippen molar-refractivity contribution in [1.29, 1.82) is 0 Å². The van der Waals surface area contributed by atoms with E-state index in [1.165, 1.54) is 23.3 Å². The third-order valence-corrected chi connectivity index (χ3v) is 4.76. The second-order valence-corrected chi connectivity index (χ2v) is 7.00. The summed E-state index contributed by atoms with van der Waals surface area (Å²) in [7, 11) is 0. The first-order valence-corrected chi connectivity index (χ1v) is 7.53. The lowest BCUT2D eigenvalue weighted by Gasteiger charge is -2.20. The monoisotopic (exact) mass is 249 g/mol. The maximum absolute atomic E-state index is 3.68. The Balaban J connectivity index is 2.09. The van der Waals surface area contributed by atoms with Crippen LogP contribution in [0.4, 0.5) is 0 Å². The zero-order valence-electron chi connectivity index (χ0n) is 11.3. The Kier molecular flexibility index (Phi) is 3.84. The van der Waals surface area contributed by atoms with E-state index in [1.807, 2.05) is 11.8 Å². The Labute approximate surface area is 109 Å². The van der Waals surface area contributed by atoms with Crippen LogP contribution in [0.1, 0.15) is 50.6 Å². The second kappa shape index (κ2) is 5.03. The zero-order chi connectivity index (χ0) is 12.5. The quantitative estimate of drug-likeness (QED) is 0.847. The van der Waals surface area contributed by atoms with Gasteiger partial charge in [0.05, 0.1) is 5.37 Å². The Morgan fingerprint density at radius 2 is 1.88 bits per heavy atom. The van der Waals surface area contributed by atoms with Crippen molar-refractivity contribution in [1.82, 2.24) is 5.32 Å². The predicted molar refractivity (Wildman–Crippen MR) is 77.6 cm³/mol. The van der Waals surface area contributed by atoms with Crippen molar-refractivity contribution in [3.8, 4) is 0 Å². The molecule has 1 aliphatic rings. The molecule has 0 aromatic heterocycles. The molecule has 1 heterocycles. The SMILES string of the molecule is CCC1CSC(c2ccc(C(C)(C)C)cc2)N1. The summed E-state index contributed by atoms with van der Waals surface area (Å²) in [6.07, 6.45) is 1.23. The smallest absolute Gasteiger partial charge is 0.0792 e. The molecule has 1 aromatic carbocycles. The molecule has 2 heteroatoms. The Hall–Kier alpha value is -0.470. The highest BCUT2D eigenvalue weighted by atomic mass is 32.2. The van der Waals surface area contributed by atoms with Gasteiger partial charge in [0, 0.05) is 11.8 Å². The van der Waals surface area contributed by atoms with Crippen LogP contribution in [0.5, 0.6) is 0 Å². The van der Waals surface area contributed by atoms with Gasteiger partial charge in [0.2, 0.25) is 0 Å². The maximum atomic E-state index is 3.68. The number of rotatable bonds is 2. The average molecular weight is 249 g/mol. The van der Waals surface area contributed by atoms with E-state index in [0.717, 1.165) is 0 Å². The van der Waals surface area contributed by atoms with Crippen molar-refractivity contribution in [2.24, 2.45) is 0 Å². The van der Waals surface area contributed by atoms with Crippen molar-refractivity contribution in [3.05, 3.63) is 35.4 Å². The van der Waals surface area contributed by atoms with Crippen LogP contribution in [0.25, 0.3) is 0 Å². The molecule has 1 fully saturated rings. The van der Waals surface area contributed by atoms with Crippen LogP contribution in [0, 0.1) is 0 Å². The first kappa shape index (κ1) is 13.0.